The van der Waals surface area contributed by atoms with Gasteiger partial charge in [0.1, 0.15) is 5.69 Å². The van der Waals surface area contributed by atoms with E-state index in [1.165, 1.54) is 19.8 Å². The van der Waals surface area contributed by atoms with Crippen molar-refractivity contribution in [3.8, 4) is 23.3 Å². The molecule has 2 fully saturated rings. The number of halogens is 3. The normalized spacial score (nSPS) is 22.0. The van der Waals surface area contributed by atoms with Gasteiger partial charge in [-0.1, -0.05) is 6.07 Å². The Morgan fingerprint density at radius 1 is 1.02 bits per heavy atom. The molecule has 1 aliphatic carbocycles. The number of nitrogens with zero attached hydrogens (tertiary/aromatic N) is 2. The van der Waals surface area contributed by atoms with Crippen LogP contribution in [0.2, 0.25) is 0 Å². The monoisotopic (exact) mass is 584 g/mol. The van der Waals surface area contributed by atoms with E-state index in [9.17, 15) is 18.0 Å². The number of carbonyl (C=O) groups excluding carboxylic acids is 1. The number of alkyl halides is 3. The molecule has 0 spiro atoms. The van der Waals surface area contributed by atoms with Crippen LogP contribution in [0.1, 0.15) is 31.2 Å². The first-order chi connectivity index (χ1) is 19.4. The quantitative estimate of drug-likeness (QED) is 0.441. The zero-order valence-corrected chi connectivity index (χ0v) is 23.5. The van der Waals surface area contributed by atoms with Crippen molar-refractivity contribution >= 4 is 17.7 Å². The van der Waals surface area contributed by atoms with Gasteiger partial charge in [0.2, 0.25) is 11.8 Å². The Morgan fingerprint density at radius 2 is 1.71 bits per heavy atom. The smallest absolute Gasteiger partial charge is 0.490 e. The Hall–Kier alpha value is -3.94. The third kappa shape index (κ3) is 7.23. The molecule has 1 saturated carbocycles. The van der Waals surface area contributed by atoms with E-state index < -0.39 is 12.1 Å². The number of likely N-dealkylation sites (N-methyl/N-ethyl adjacent to an activating group) is 1. The number of carboxylic acids is 1. The van der Waals surface area contributed by atoms with Gasteiger partial charge in [0.15, 0.2) is 11.5 Å². The highest BCUT2D eigenvalue weighted by atomic mass is 19.4. The number of hydrogen-bond donors (Lipinski definition) is 3. The number of urea groups is 1. The molecular formula is C27H35F3N4O7. The summed E-state index contributed by atoms with van der Waals surface area (Å²) in [5, 5.41) is 13.1. The lowest BCUT2D eigenvalue weighted by Crippen LogP contribution is -2.52. The molecule has 3 atom stereocenters. The number of likely N-dealkylation sites (tertiary alicyclic amines) is 1. The number of rotatable bonds is 7. The summed E-state index contributed by atoms with van der Waals surface area (Å²) >= 11 is 0. The predicted molar refractivity (Wildman–Crippen MR) is 143 cm³/mol. The van der Waals surface area contributed by atoms with Gasteiger partial charge in [0, 0.05) is 23.6 Å². The summed E-state index contributed by atoms with van der Waals surface area (Å²) < 4.78 is 53.2. The Morgan fingerprint density at radius 3 is 2.29 bits per heavy atom. The molecule has 4 rings (SSSR count). The van der Waals surface area contributed by atoms with Gasteiger partial charge in [0.25, 0.3) is 0 Å². The number of hydrogen-bond acceptors (Lipinski definition) is 8. The molecule has 1 saturated heterocycles. The molecular weight excluding hydrogens is 549 g/mol. The minimum atomic E-state index is -5.08. The molecule has 1 aromatic heterocycles. The zero-order chi connectivity index (χ0) is 30.4. The summed E-state index contributed by atoms with van der Waals surface area (Å²) in [6.45, 7) is 1.02. The van der Waals surface area contributed by atoms with E-state index in [0.717, 1.165) is 43.7 Å². The van der Waals surface area contributed by atoms with Crippen LogP contribution in [-0.2, 0) is 10.2 Å². The van der Waals surface area contributed by atoms with Gasteiger partial charge >= 0.3 is 18.2 Å². The summed E-state index contributed by atoms with van der Waals surface area (Å²) in [6.07, 6.45) is -1.26. The van der Waals surface area contributed by atoms with Crippen LogP contribution in [-0.4, -0.2) is 87.3 Å². The predicted octanol–water partition coefficient (Wildman–Crippen LogP) is 4.07. The molecule has 41 heavy (non-hydrogen) atoms. The third-order valence-corrected chi connectivity index (χ3v) is 7.55. The molecule has 11 nitrogen and oxygen atoms in total. The molecule has 2 amide bonds. The average molecular weight is 585 g/mol. The van der Waals surface area contributed by atoms with E-state index in [2.05, 4.69) is 39.7 Å². The lowest BCUT2D eigenvalue weighted by molar-refractivity contribution is -0.192. The van der Waals surface area contributed by atoms with E-state index in [0.29, 0.717) is 23.5 Å². The number of carbonyl (C=O) groups is 2. The topological polar surface area (TPSA) is 131 Å². The Labute approximate surface area is 235 Å². The lowest BCUT2D eigenvalue weighted by Gasteiger charge is -2.45. The van der Waals surface area contributed by atoms with Crippen molar-refractivity contribution in [3.05, 3.63) is 35.9 Å². The first-order valence-corrected chi connectivity index (χ1v) is 12.8. The average Bonchev–Trinajstić information content (AvgIpc) is 3.29. The van der Waals surface area contributed by atoms with Crippen LogP contribution in [0.3, 0.4) is 0 Å². The number of fused-ring (bicyclic) bond motifs is 1. The first kappa shape index (κ1) is 31.6. The fourth-order valence-electron chi connectivity index (χ4n) is 5.53. The van der Waals surface area contributed by atoms with Gasteiger partial charge in [-0.3, -0.25) is 0 Å². The minimum Gasteiger partial charge on any atom is -0.493 e. The van der Waals surface area contributed by atoms with Crippen LogP contribution < -0.4 is 29.6 Å². The van der Waals surface area contributed by atoms with E-state index in [1.807, 2.05) is 6.07 Å². The molecule has 1 aromatic carbocycles. The first-order valence-electron chi connectivity index (χ1n) is 12.8. The van der Waals surface area contributed by atoms with Crippen molar-refractivity contribution in [1.29, 1.82) is 0 Å². The van der Waals surface area contributed by atoms with Crippen molar-refractivity contribution in [2.45, 2.75) is 49.4 Å². The standard InChI is InChI=1S/C25H34N4O5.C2HF3O2/c1-29-13-12-25(16-6-8-19(31-2)20(14-16)32-3)11-10-17(15-21(25)29)26-24(30)27-18-7-9-22(33-4)28-23(18)34-5;3-2(4,5)1(6)7/h6-9,14,17,21H,10-13,15H2,1-5H3,(H2,26,27,30);(H,6,7)/t17-,21+,25+;/m1./s1. The van der Waals surface area contributed by atoms with Crippen LogP contribution in [0.5, 0.6) is 23.3 Å². The minimum absolute atomic E-state index is 0.0338. The number of methoxy groups -OCH3 is 4. The zero-order valence-electron chi connectivity index (χ0n) is 23.5. The van der Waals surface area contributed by atoms with Gasteiger partial charge < -0.3 is 39.6 Å². The molecule has 2 aromatic rings. The number of carboxylic acid groups (broad SMARTS) is 1. The van der Waals surface area contributed by atoms with Gasteiger partial charge in [-0.25, -0.2) is 9.59 Å². The summed E-state index contributed by atoms with van der Waals surface area (Å²) in [7, 11) is 8.54. The molecule has 3 N–H and O–H groups in total. The second-order valence-corrected chi connectivity index (χ2v) is 9.76. The highest BCUT2D eigenvalue weighted by Crippen LogP contribution is 2.49. The highest BCUT2D eigenvalue weighted by molar-refractivity contribution is 5.90. The second-order valence-electron chi connectivity index (χ2n) is 9.76. The number of benzene rings is 1. The van der Waals surface area contributed by atoms with Gasteiger partial charge in [-0.15, -0.1) is 0 Å². The third-order valence-electron chi connectivity index (χ3n) is 7.55. The Balaban J connectivity index is 0.000000587. The van der Waals surface area contributed by atoms with Gasteiger partial charge in [0.05, 0.1) is 28.4 Å². The number of aliphatic carboxylic acids is 1. The molecule has 226 valence electrons. The van der Waals surface area contributed by atoms with Crippen LogP contribution in [0.25, 0.3) is 0 Å². The van der Waals surface area contributed by atoms with Crippen LogP contribution in [0.15, 0.2) is 30.3 Å². The van der Waals surface area contributed by atoms with E-state index in [-0.39, 0.29) is 17.5 Å². The number of anilines is 1. The maximum Gasteiger partial charge on any atom is 0.490 e. The molecule has 0 unspecified atom stereocenters. The maximum absolute atomic E-state index is 12.8. The van der Waals surface area contributed by atoms with Crippen LogP contribution in [0.4, 0.5) is 23.7 Å². The number of nitrogens with one attached hydrogen (secondary N) is 2. The lowest BCUT2D eigenvalue weighted by atomic mass is 9.65. The summed E-state index contributed by atoms with van der Waals surface area (Å²) in [4.78, 5) is 28.3. The largest absolute Gasteiger partial charge is 0.493 e. The van der Waals surface area contributed by atoms with Crippen LogP contribution >= 0.6 is 0 Å². The molecule has 14 heteroatoms. The number of amides is 2. The van der Waals surface area contributed by atoms with E-state index in [4.69, 9.17) is 28.8 Å². The van der Waals surface area contributed by atoms with Crippen molar-refractivity contribution in [3.63, 3.8) is 0 Å². The number of ether oxygens (including phenoxy) is 4. The summed E-state index contributed by atoms with van der Waals surface area (Å²) in [5.74, 6) is -0.537. The molecule has 2 aliphatic rings. The maximum atomic E-state index is 12.8. The SMILES string of the molecule is COc1ccc(NC(=O)N[C@@H]2CC[C@@]3(c4ccc(OC)c(OC)c4)CCN(C)[C@H]3C2)c(OC)n1.O=C(O)C(F)(F)F. The molecule has 1 aliphatic heterocycles. The van der Waals surface area contributed by atoms with Crippen molar-refractivity contribution in [2.75, 3.05) is 47.3 Å². The van der Waals surface area contributed by atoms with Gasteiger partial charge in [-0.05, 0) is 63.0 Å². The fourth-order valence-corrected chi connectivity index (χ4v) is 5.53. The second kappa shape index (κ2) is 13.1. The molecule has 0 bridgehead atoms. The van der Waals surface area contributed by atoms with Gasteiger partial charge in [-0.2, -0.15) is 18.2 Å². The number of pyridine rings is 1. The van der Waals surface area contributed by atoms with Crippen molar-refractivity contribution < 1.29 is 46.8 Å². The Bertz CT molecular complexity index is 1230. The van der Waals surface area contributed by atoms with Crippen molar-refractivity contribution in [1.82, 2.24) is 15.2 Å². The van der Waals surface area contributed by atoms with Crippen molar-refractivity contribution in [2.24, 2.45) is 0 Å². The van der Waals surface area contributed by atoms with E-state index in [1.54, 1.807) is 26.4 Å². The summed E-state index contributed by atoms with van der Waals surface area (Å²) in [5.41, 5.74) is 1.80. The highest BCUT2D eigenvalue weighted by Gasteiger charge is 2.50. The van der Waals surface area contributed by atoms with Crippen LogP contribution in [0, 0.1) is 0 Å². The van der Waals surface area contributed by atoms with E-state index >= 15 is 0 Å². The summed E-state index contributed by atoms with van der Waals surface area (Å²) in [6, 6.07) is 9.80. The molecule has 0 radical (unpaired) electrons. The number of aromatic nitrogens is 1. The fraction of sp³-hybridized carbons (Fsp3) is 0.519. The Kier molecular flexibility index (Phi) is 10.1. The molecule has 2 heterocycles.